The number of aliphatic hydroxyl groups excluding tert-OH is 2. The van der Waals surface area contributed by atoms with Crippen molar-refractivity contribution < 1.29 is 29.9 Å². The number of nitro groups is 4. The minimum atomic E-state index is -2.58. The van der Waals surface area contributed by atoms with Gasteiger partial charge in [0.25, 0.3) is 0 Å². The minimum Gasteiger partial charge on any atom is -0.379 e. The van der Waals surface area contributed by atoms with Gasteiger partial charge in [0.15, 0.2) is 12.2 Å². The first-order chi connectivity index (χ1) is 9.09. The Hall–Kier alpha value is -2.48. The molecule has 0 fully saturated rings. The molecule has 0 aromatic heterocycles. The molecule has 0 aliphatic rings. The van der Waals surface area contributed by atoms with Crippen LogP contribution in [0.3, 0.4) is 0 Å². The zero-order valence-corrected chi connectivity index (χ0v) is 9.67. The van der Waals surface area contributed by atoms with E-state index in [0.717, 1.165) is 0 Å². The molecule has 0 aromatic rings. The highest BCUT2D eigenvalue weighted by Crippen LogP contribution is 2.12. The van der Waals surface area contributed by atoms with Gasteiger partial charge >= 0.3 is 12.3 Å². The average molecular weight is 298 g/mol. The number of rotatable bonds is 9. The van der Waals surface area contributed by atoms with Gasteiger partial charge in [-0.05, 0) is 12.8 Å². The smallest absolute Gasteiger partial charge is 0.379 e. The summed E-state index contributed by atoms with van der Waals surface area (Å²) < 4.78 is 0. The molecule has 0 radical (unpaired) electrons. The van der Waals surface area contributed by atoms with Crippen LogP contribution in [0.25, 0.3) is 0 Å². The van der Waals surface area contributed by atoms with E-state index in [9.17, 15) is 50.7 Å². The van der Waals surface area contributed by atoms with Crippen LogP contribution >= 0.6 is 0 Å². The number of hydrogen-bond donors (Lipinski definition) is 2. The van der Waals surface area contributed by atoms with E-state index in [0.29, 0.717) is 0 Å². The summed E-state index contributed by atoms with van der Waals surface area (Å²) in [5.41, 5.74) is 0. The number of nitrogens with zero attached hydrogens (tertiary/aromatic N) is 4. The van der Waals surface area contributed by atoms with Gasteiger partial charge in [-0.25, -0.2) is 0 Å². The van der Waals surface area contributed by atoms with Crippen LogP contribution in [-0.4, -0.2) is 54.4 Å². The molecule has 0 amide bonds. The van der Waals surface area contributed by atoms with Crippen LogP contribution < -0.4 is 0 Å². The third kappa shape index (κ3) is 4.65. The molecule has 0 spiro atoms. The highest BCUT2D eigenvalue weighted by Gasteiger charge is 2.45. The second-order valence-electron chi connectivity index (χ2n) is 3.68. The van der Waals surface area contributed by atoms with Gasteiger partial charge < -0.3 is 10.2 Å². The summed E-state index contributed by atoms with van der Waals surface area (Å²) in [5, 5.41) is 59.7. The van der Waals surface area contributed by atoms with Crippen LogP contribution in [-0.2, 0) is 0 Å². The van der Waals surface area contributed by atoms with E-state index >= 15 is 0 Å². The highest BCUT2D eigenvalue weighted by molar-refractivity contribution is 4.65. The fourth-order valence-electron chi connectivity index (χ4n) is 1.36. The van der Waals surface area contributed by atoms with Crippen molar-refractivity contribution in [3.05, 3.63) is 40.5 Å². The topological polar surface area (TPSA) is 213 Å². The van der Waals surface area contributed by atoms with E-state index in [2.05, 4.69) is 0 Å². The summed E-state index contributed by atoms with van der Waals surface area (Å²) in [4.78, 5) is 35.7. The van der Waals surface area contributed by atoms with Crippen molar-refractivity contribution in [2.45, 2.75) is 37.4 Å². The minimum absolute atomic E-state index is 0.786. The molecular formula is C6H10N4O10. The normalized spacial score (nSPS) is 14.0. The van der Waals surface area contributed by atoms with Gasteiger partial charge in [-0.2, -0.15) is 0 Å². The van der Waals surface area contributed by atoms with Gasteiger partial charge in [0.1, 0.15) is 0 Å². The van der Waals surface area contributed by atoms with Crippen LogP contribution in [0.15, 0.2) is 0 Å². The first kappa shape index (κ1) is 17.5. The Bertz CT molecular complexity index is 347. The first-order valence-electron chi connectivity index (χ1n) is 4.99. The van der Waals surface area contributed by atoms with Crippen molar-refractivity contribution in [2.75, 3.05) is 0 Å². The lowest BCUT2D eigenvalue weighted by Gasteiger charge is -2.12. The standard InChI is InChI=1S/C6H10N4O10/c11-3(5(7(13)14)8(15)16)1-2-4(12)6(9(17)18)10(19)20/h3-6,11-12H,1-2H2. The van der Waals surface area contributed by atoms with Crippen molar-refractivity contribution in [2.24, 2.45) is 0 Å². The average Bonchev–Trinajstić information content (AvgIpc) is 2.23. The second-order valence-corrected chi connectivity index (χ2v) is 3.68. The number of hydrogen-bond acceptors (Lipinski definition) is 10. The van der Waals surface area contributed by atoms with Gasteiger partial charge in [0, 0.05) is 0 Å². The molecule has 2 atom stereocenters. The summed E-state index contributed by atoms with van der Waals surface area (Å²) in [6.07, 6.45) is -11.0. The lowest BCUT2D eigenvalue weighted by atomic mass is 10.1. The summed E-state index contributed by atoms with van der Waals surface area (Å²) in [5.74, 6) is 0. The predicted molar refractivity (Wildman–Crippen MR) is 56.8 cm³/mol. The zero-order chi connectivity index (χ0) is 16.0. The largest absolute Gasteiger partial charge is 0.475 e. The molecule has 14 nitrogen and oxygen atoms in total. The van der Waals surface area contributed by atoms with Gasteiger partial charge in [0.2, 0.25) is 0 Å². The van der Waals surface area contributed by atoms with Crippen LogP contribution in [0, 0.1) is 40.5 Å². The first-order valence-corrected chi connectivity index (χ1v) is 4.99. The molecule has 0 aliphatic carbocycles. The van der Waals surface area contributed by atoms with Crippen molar-refractivity contribution >= 4 is 0 Å². The van der Waals surface area contributed by atoms with E-state index < -0.39 is 57.1 Å². The Morgan fingerprint density at radius 3 is 1.00 bits per heavy atom. The third-order valence-electron chi connectivity index (χ3n) is 2.31. The highest BCUT2D eigenvalue weighted by atomic mass is 16.7. The number of aliphatic hydroxyl groups is 2. The maximum atomic E-state index is 10.3. The van der Waals surface area contributed by atoms with E-state index in [1.165, 1.54) is 0 Å². The van der Waals surface area contributed by atoms with Crippen LogP contribution in [0.1, 0.15) is 12.8 Å². The van der Waals surface area contributed by atoms with Crippen LogP contribution in [0.5, 0.6) is 0 Å². The van der Waals surface area contributed by atoms with E-state index in [1.807, 2.05) is 0 Å². The van der Waals surface area contributed by atoms with Crippen molar-refractivity contribution in [1.82, 2.24) is 0 Å². The molecule has 0 aliphatic heterocycles. The van der Waals surface area contributed by atoms with Gasteiger partial charge in [-0.3, -0.25) is 40.5 Å². The van der Waals surface area contributed by atoms with E-state index in [1.54, 1.807) is 0 Å². The fraction of sp³-hybridized carbons (Fsp3) is 1.00. The Morgan fingerprint density at radius 1 is 0.650 bits per heavy atom. The Balaban J connectivity index is 4.67. The van der Waals surface area contributed by atoms with Gasteiger partial charge in [-0.1, -0.05) is 0 Å². The van der Waals surface area contributed by atoms with Crippen molar-refractivity contribution in [3.63, 3.8) is 0 Å². The zero-order valence-electron chi connectivity index (χ0n) is 9.67. The van der Waals surface area contributed by atoms with E-state index in [4.69, 9.17) is 0 Å². The molecule has 0 aromatic carbocycles. The van der Waals surface area contributed by atoms with Gasteiger partial charge in [0.05, 0.1) is 19.7 Å². The summed E-state index contributed by atoms with van der Waals surface area (Å²) in [7, 11) is 0. The SMILES string of the molecule is O=[N+]([O-])C(C(O)CCC(O)C([N+](=O)[O-])[N+](=O)[O-])[N+](=O)[O-]. The Morgan fingerprint density at radius 2 is 0.850 bits per heavy atom. The molecule has 0 heterocycles. The monoisotopic (exact) mass is 298 g/mol. The summed E-state index contributed by atoms with van der Waals surface area (Å²) in [6, 6.07) is 0. The molecule has 20 heavy (non-hydrogen) atoms. The van der Waals surface area contributed by atoms with Crippen molar-refractivity contribution in [3.8, 4) is 0 Å². The maximum absolute atomic E-state index is 10.3. The lowest BCUT2D eigenvalue weighted by Crippen LogP contribution is -2.43. The molecule has 0 saturated heterocycles. The molecule has 14 heteroatoms. The second kappa shape index (κ2) is 7.19. The van der Waals surface area contributed by atoms with Crippen LogP contribution in [0.2, 0.25) is 0 Å². The molecule has 2 N–H and O–H groups in total. The molecular weight excluding hydrogens is 288 g/mol. The Labute approximate surface area is 109 Å². The van der Waals surface area contributed by atoms with Crippen molar-refractivity contribution in [1.29, 1.82) is 0 Å². The maximum Gasteiger partial charge on any atom is 0.475 e. The van der Waals surface area contributed by atoms with Crippen LogP contribution in [0.4, 0.5) is 0 Å². The molecule has 114 valence electrons. The molecule has 0 rings (SSSR count). The molecule has 2 unspecified atom stereocenters. The van der Waals surface area contributed by atoms with E-state index in [-0.39, 0.29) is 0 Å². The summed E-state index contributed by atoms with van der Waals surface area (Å²) >= 11 is 0. The fourth-order valence-corrected chi connectivity index (χ4v) is 1.36. The molecule has 0 saturated carbocycles. The quantitative estimate of drug-likeness (QED) is 0.278. The summed E-state index contributed by atoms with van der Waals surface area (Å²) in [6.45, 7) is 0. The predicted octanol–water partition coefficient (Wildman–Crippen LogP) is -1.75. The Kier molecular flexibility index (Phi) is 6.30. The van der Waals surface area contributed by atoms with Gasteiger partial charge in [-0.15, -0.1) is 0 Å². The molecule has 0 bridgehead atoms. The lowest BCUT2D eigenvalue weighted by molar-refractivity contribution is -0.754. The third-order valence-corrected chi connectivity index (χ3v) is 2.31.